The van der Waals surface area contributed by atoms with Crippen LogP contribution in [-0.2, 0) is 0 Å². The zero-order valence-electron chi connectivity index (χ0n) is 13.9. The van der Waals surface area contributed by atoms with Crippen LogP contribution in [0.5, 0.6) is 0 Å². The van der Waals surface area contributed by atoms with E-state index in [1.807, 2.05) is 32.3 Å². The van der Waals surface area contributed by atoms with Gasteiger partial charge in [0.1, 0.15) is 0 Å². The third-order valence-corrected chi connectivity index (χ3v) is 3.97. The van der Waals surface area contributed by atoms with E-state index in [2.05, 4.69) is 53.9 Å². The molecule has 0 amide bonds. The summed E-state index contributed by atoms with van der Waals surface area (Å²) in [4.78, 5) is 11.3. The summed E-state index contributed by atoms with van der Waals surface area (Å²) >= 11 is 0. The minimum Gasteiger partial charge on any atom is -0.331 e. The number of rotatable bonds is 4. The molecule has 2 aliphatic rings. The van der Waals surface area contributed by atoms with Crippen LogP contribution < -0.4 is 4.90 Å². The Morgan fingerprint density at radius 2 is 1.95 bits per heavy atom. The maximum absolute atomic E-state index is 4.46. The van der Waals surface area contributed by atoms with E-state index >= 15 is 0 Å². The fourth-order valence-corrected chi connectivity index (χ4v) is 2.97. The lowest BCUT2D eigenvalue weighted by Gasteiger charge is -2.33. The molecule has 1 aromatic heterocycles. The van der Waals surface area contributed by atoms with Crippen molar-refractivity contribution in [2.24, 2.45) is 11.8 Å². The molecule has 3 heteroatoms. The molecule has 3 nitrogen and oxygen atoms in total. The van der Waals surface area contributed by atoms with E-state index in [1.165, 1.54) is 12.0 Å². The summed E-state index contributed by atoms with van der Waals surface area (Å²) in [5.41, 5.74) is 1.50. The van der Waals surface area contributed by atoms with Gasteiger partial charge in [-0.25, -0.2) is 9.97 Å². The molecule has 1 saturated carbocycles. The molecule has 3 rings (SSSR count). The molecule has 0 aliphatic heterocycles. The Hall–Kier alpha value is -1.64. The molecule has 2 aliphatic carbocycles. The van der Waals surface area contributed by atoms with Crippen LogP contribution in [0.15, 0.2) is 42.3 Å². The summed E-state index contributed by atoms with van der Waals surface area (Å²) in [5.74, 6) is 2.08. The van der Waals surface area contributed by atoms with E-state index in [4.69, 9.17) is 0 Å². The highest BCUT2D eigenvalue weighted by Crippen LogP contribution is 2.54. The molecule has 114 valence electrons. The Morgan fingerprint density at radius 1 is 1.29 bits per heavy atom. The first-order valence-corrected chi connectivity index (χ1v) is 8.04. The van der Waals surface area contributed by atoms with Crippen LogP contribution in [0.1, 0.15) is 41.0 Å². The van der Waals surface area contributed by atoms with Crippen molar-refractivity contribution in [1.29, 1.82) is 0 Å². The minimum absolute atomic E-state index is 0.130. The lowest BCUT2D eigenvalue weighted by Crippen LogP contribution is -2.42. The molecule has 1 aromatic rings. The van der Waals surface area contributed by atoms with Gasteiger partial charge in [0.25, 0.3) is 0 Å². The molecule has 0 aromatic carbocycles. The van der Waals surface area contributed by atoms with E-state index in [9.17, 15) is 0 Å². The molecule has 1 heterocycles. The predicted molar refractivity (Wildman–Crippen MR) is 89.3 cm³/mol. The predicted octanol–water partition coefficient (Wildman–Crippen LogP) is 4.24. The summed E-state index contributed by atoms with van der Waals surface area (Å²) in [5, 5.41) is 0. The fourth-order valence-electron chi connectivity index (χ4n) is 2.97. The van der Waals surface area contributed by atoms with Crippen LogP contribution in [0.3, 0.4) is 0 Å². The molecular weight excluding hydrogens is 258 g/mol. The van der Waals surface area contributed by atoms with Gasteiger partial charge in [0.2, 0.25) is 5.95 Å². The Bertz CT molecular complexity index is 519. The maximum atomic E-state index is 4.46. The summed E-state index contributed by atoms with van der Waals surface area (Å²) in [6, 6.07) is 1.87. The molecule has 1 unspecified atom stereocenters. The van der Waals surface area contributed by atoms with Gasteiger partial charge < -0.3 is 4.90 Å². The van der Waals surface area contributed by atoms with E-state index in [0.717, 1.165) is 12.5 Å². The third-order valence-electron chi connectivity index (χ3n) is 3.97. The lowest BCUT2D eigenvalue weighted by atomic mass is 10.0. The number of anilines is 1. The molecule has 0 saturated heterocycles. The number of fused-ring (bicyclic) bond motifs is 1. The SMILES string of the molecule is CC.CC1=C[C@H]2CC2(N(CC(C)C)c2ncccn2)C=C1. The quantitative estimate of drug-likeness (QED) is 0.828. The molecular formula is C18H27N3. The zero-order chi connectivity index (χ0) is 15.5. The van der Waals surface area contributed by atoms with Gasteiger partial charge in [0, 0.05) is 24.9 Å². The van der Waals surface area contributed by atoms with Crippen molar-refractivity contribution >= 4 is 5.95 Å². The highest BCUT2D eigenvalue weighted by Gasteiger charge is 2.57. The summed E-state index contributed by atoms with van der Waals surface area (Å²) < 4.78 is 0. The molecule has 0 bridgehead atoms. The second-order valence-corrected chi connectivity index (χ2v) is 6.10. The van der Waals surface area contributed by atoms with Crippen LogP contribution >= 0.6 is 0 Å². The summed E-state index contributed by atoms with van der Waals surface area (Å²) in [7, 11) is 0. The minimum atomic E-state index is 0.130. The van der Waals surface area contributed by atoms with Gasteiger partial charge in [-0.05, 0) is 25.3 Å². The van der Waals surface area contributed by atoms with Crippen LogP contribution in [0.2, 0.25) is 0 Å². The average Bonchev–Trinajstić information content (AvgIpc) is 3.22. The number of allylic oxidation sites excluding steroid dienone is 2. The fraction of sp³-hybridized carbons (Fsp3) is 0.556. The number of hydrogen-bond acceptors (Lipinski definition) is 3. The highest BCUT2D eigenvalue weighted by atomic mass is 15.3. The lowest BCUT2D eigenvalue weighted by molar-refractivity contribution is 0.545. The first-order chi connectivity index (χ1) is 10.1. The first kappa shape index (κ1) is 15.7. The van der Waals surface area contributed by atoms with Crippen molar-refractivity contribution in [2.75, 3.05) is 11.4 Å². The molecule has 1 fully saturated rings. The van der Waals surface area contributed by atoms with Crippen LogP contribution in [0.25, 0.3) is 0 Å². The van der Waals surface area contributed by atoms with Crippen molar-refractivity contribution in [1.82, 2.24) is 9.97 Å². The zero-order valence-corrected chi connectivity index (χ0v) is 13.9. The Kier molecular flexibility index (Phi) is 4.81. The Balaban J connectivity index is 0.000000774. The number of nitrogens with zero attached hydrogens (tertiary/aromatic N) is 3. The number of aromatic nitrogens is 2. The topological polar surface area (TPSA) is 29.0 Å². The molecule has 0 spiro atoms. The summed E-state index contributed by atoms with van der Waals surface area (Å²) in [6.07, 6.45) is 11.8. The number of hydrogen-bond donors (Lipinski definition) is 0. The average molecular weight is 285 g/mol. The van der Waals surface area contributed by atoms with Gasteiger partial charge in [-0.15, -0.1) is 0 Å². The largest absolute Gasteiger partial charge is 0.331 e. The van der Waals surface area contributed by atoms with Crippen molar-refractivity contribution in [2.45, 2.75) is 46.6 Å². The van der Waals surface area contributed by atoms with Crippen molar-refractivity contribution < 1.29 is 0 Å². The first-order valence-electron chi connectivity index (χ1n) is 8.04. The Morgan fingerprint density at radius 3 is 2.52 bits per heavy atom. The van der Waals surface area contributed by atoms with Crippen molar-refractivity contribution in [3.8, 4) is 0 Å². The molecule has 2 atom stereocenters. The highest BCUT2D eigenvalue weighted by molar-refractivity contribution is 5.51. The molecule has 21 heavy (non-hydrogen) atoms. The van der Waals surface area contributed by atoms with Crippen LogP contribution in [0.4, 0.5) is 5.95 Å². The smallest absolute Gasteiger partial charge is 0.225 e. The summed E-state index contributed by atoms with van der Waals surface area (Å²) in [6.45, 7) is 11.7. The van der Waals surface area contributed by atoms with Crippen LogP contribution in [0, 0.1) is 11.8 Å². The third kappa shape index (κ3) is 3.17. The van der Waals surface area contributed by atoms with E-state index in [0.29, 0.717) is 11.8 Å². The monoisotopic (exact) mass is 285 g/mol. The van der Waals surface area contributed by atoms with Gasteiger partial charge in [-0.3, -0.25) is 0 Å². The maximum Gasteiger partial charge on any atom is 0.225 e. The second kappa shape index (κ2) is 6.42. The second-order valence-electron chi connectivity index (χ2n) is 6.10. The van der Waals surface area contributed by atoms with Gasteiger partial charge in [0.15, 0.2) is 0 Å². The van der Waals surface area contributed by atoms with Gasteiger partial charge in [-0.2, -0.15) is 0 Å². The van der Waals surface area contributed by atoms with E-state index in [1.54, 1.807) is 0 Å². The van der Waals surface area contributed by atoms with Crippen molar-refractivity contribution in [3.05, 3.63) is 42.3 Å². The Labute approximate surface area is 128 Å². The molecule has 0 N–H and O–H groups in total. The van der Waals surface area contributed by atoms with Crippen LogP contribution in [-0.4, -0.2) is 22.1 Å². The van der Waals surface area contributed by atoms with Gasteiger partial charge in [-0.1, -0.05) is 51.5 Å². The molecule has 0 radical (unpaired) electrons. The van der Waals surface area contributed by atoms with E-state index in [-0.39, 0.29) is 5.54 Å². The van der Waals surface area contributed by atoms with E-state index < -0.39 is 0 Å². The van der Waals surface area contributed by atoms with Gasteiger partial charge in [0.05, 0.1) is 5.54 Å². The van der Waals surface area contributed by atoms with Gasteiger partial charge >= 0.3 is 0 Å². The normalized spacial score (nSPS) is 25.6. The standard InChI is InChI=1S/C16H21N3.C2H6/c1-12(2)11-19(15-17-7-4-8-18-15)16-6-5-13(3)9-14(16)10-16;1-2/h4-9,12,14H,10-11H2,1-3H3;1-2H3/t14-,16?;/m0./s1. The van der Waals surface area contributed by atoms with Crippen molar-refractivity contribution in [3.63, 3.8) is 0 Å².